The van der Waals surface area contributed by atoms with Crippen LogP contribution >= 0.6 is 0 Å². The molecule has 0 spiro atoms. The predicted octanol–water partition coefficient (Wildman–Crippen LogP) is 5.15. The summed E-state index contributed by atoms with van der Waals surface area (Å²) in [6, 6.07) is 17.5. The standard InChI is InChI=1S/C21H29N2/c1-4-14-23(15-5-2)21-11-7-9-19(17-21)13-12-18-8-6-10-20(16-18)22-3/h6-11,13,16-17,22H,4-5,12,14-15H2,1-3H3. The van der Waals surface area contributed by atoms with Crippen molar-refractivity contribution in [3.8, 4) is 0 Å². The van der Waals surface area contributed by atoms with Gasteiger partial charge in [0.05, 0.1) is 0 Å². The van der Waals surface area contributed by atoms with Gasteiger partial charge in [0.15, 0.2) is 0 Å². The minimum absolute atomic E-state index is 0.959. The van der Waals surface area contributed by atoms with Gasteiger partial charge in [0.25, 0.3) is 0 Å². The zero-order valence-corrected chi connectivity index (χ0v) is 14.7. The monoisotopic (exact) mass is 309 g/mol. The number of hydrogen-bond acceptors (Lipinski definition) is 2. The Morgan fingerprint density at radius 1 is 0.957 bits per heavy atom. The minimum atomic E-state index is 0.959. The molecule has 1 N–H and O–H groups in total. The number of benzene rings is 2. The molecule has 0 saturated heterocycles. The molecule has 2 aromatic carbocycles. The summed E-state index contributed by atoms with van der Waals surface area (Å²) in [5.41, 5.74) is 5.14. The fourth-order valence-electron chi connectivity index (χ4n) is 2.85. The molecule has 0 bridgehead atoms. The van der Waals surface area contributed by atoms with Crippen molar-refractivity contribution in [2.45, 2.75) is 33.1 Å². The Hall–Kier alpha value is -1.96. The maximum absolute atomic E-state index is 3.20. The van der Waals surface area contributed by atoms with Gasteiger partial charge < -0.3 is 10.2 Å². The zero-order chi connectivity index (χ0) is 16.5. The molecule has 0 aliphatic rings. The summed E-state index contributed by atoms with van der Waals surface area (Å²) in [5.74, 6) is 0. The fourth-order valence-corrected chi connectivity index (χ4v) is 2.85. The van der Waals surface area contributed by atoms with Gasteiger partial charge in [-0.2, -0.15) is 0 Å². The Kier molecular flexibility index (Phi) is 6.99. The van der Waals surface area contributed by atoms with Gasteiger partial charge in [-0.05, 0) is 61.1 Å². The topological polar surface area (TPSA) is 15.3 Å². The van der Waals surface area contributed by atoms with Crippen LogP contribution in [0.4, 0.5) is 11.4 Å². The van der Waals surface area contributed by atoms with Gasteiger partial charge in [-0.15, -0.1) is 0 Å². The number of hydrogen-bond donors (Lipinski definition) is 1. The van der Waals surface area contributed by atoms with E-state index >= 15 is 0 Å². The van der Waals surface area contributed by atoms with E-state index in [1.165, 1.54) is 35.3 Å². The van der Waals surface area contributed by atoms with Gasteiger partial charge >= 0.3 is 0 Å². The number of rotatable bonds is 9. The molecule has 0 aliphatic carbocycles. The third-order valence-corrected chi connectivity index (χ3v) is 4.01. The van der Waals surface area contributed by atoms with Crippen LogP contribution in [-0.4, -0.2) is 20.1 Å². The van der Waals surface area contributed by atoms with E-state index in [4.69, 9.17) is 0 Å². The largest absolute Gasteiger partial charge is 0.388 e. The third kappa shape index (κ3) is 5.31. The van der Waals surface area contributed by atoms with Crippen molar-refractivity contribution in [2.24, 2.45) is 0 Å². The Morgan fingerprint density at radius 3 is 2.39 bits per heavy atom. The lowest BCUT2D eigenvalue weighted by Crippen LogP contribution is -2.24. The number of nitrogens with one attached hydrogen (secondary N) is 1. The van der Waals surface area contributed by atoms with Gasteiger partial charge in [-0.3, -0.25) is 0 Å². The number of nitrogens with zero attached hydrogens (tertiary/aromatic N) is 1. The van der Waals surface area contributed by atoms with Crippen molar-refractivity contribution >= 4 is 11.4 Å². The molecular weight excluding hydrogens is 280 g/mol. The molecule has 0 unspecified atom stereocenters. The lowest BCUT2D eigenvalue weighted by Gasteiger charge is -2.24. The SMILES string of the molecule is CCCN(CCC)c1cccc([CH]Cc2cccc(NC)c2)c1. The first-order valence-corrected chi connectivity index (χ1v) is 8.71. The molecule has 0 aliphatic heterocycles. The second-order valence-corrected chi connectivity index (χ2v) is 5.94. The quantitative estimate of drug-likeness (QED) is 0.689. The fraction of sp³-hybridized carbons (Fsp3) is 0.381. The Morgan fingerprint density at radius 2 is 1.70 bits per heavy atom. The van der Waals surface area contributed by atoms with Crippen molar-refractivity contribution in [1.29, 1.82) is 0 Å². The first-order valence-electron chi connectivity index (χ1n) is 8.71. The van der Waals surface area contributed by atoms with E-state index in [1.54, 1.807) is 0 Å². The maximum atomic E-state index is 3.20. The molecule has 1 radical (unpaired) electrons. The summed E-state index contributed by atoms with van der Waals surface area (Å²) in [5, 5.41) is 3.20. The summed E-state index contributed by atoms with van der Waals surface area (Å²) in [6.07, 6.45) is 5.64. The molecule has 2 aromatic rings. The van der Waals surface area contributed by atoms with Crippen LogP contribution in [0.2, 0.25) is 0 Å². The Balaban J connectivity index is 2.04. The van der Waals surface area contributed by atoms with Crippen LogP contribution in [-0.2, 0) is 6.42 Å². The van der Waals surface area contributed by atoms with E-state index in [2.05, 4.69) is 79.0 Å². The molecule has 2 heteroatoms. The van der Waals surface area contributed by atoms with Crippen molar-refractivity contribution < 1.29 is 0 Å². The second-order valence-electron chi connectivity index (χ2n) is 5.94. The minimum Gasteiger partial charge on any atom is -0.388 e. The number of anilines is 2. The van der Waals surface area contributed by atoms with Gasteiger partial charge in [0, 0.05) is 31.5 Å². The van der Waals surface area contributed by atoms with Crippen LogP contribution < -0.4 is 10.2 Å². The first-order chi connectivity index (χ1) is 11.3. The highest BCUT2D eigenvalue weighted by Crippen LogP contribution is 2.20. The maximum Gasteiger partial charge on any atom is 0.0369 e. The highest BCUT2D eigenvalue weighted by molar-refractivity contribution is 5.51. The lowest BCUT2D eigenvalue weighted by molar-refractivity contribution is 0.744. The third-order valence-electron chi connectivity index (χ3n) is 4.01. The molecule has 0 saturated carbocycles. The molecule has 0 atom stereocenters. The normalized spacial score (nSPS) is 10.6. The summed E-state index contributed by atoms with van der Waals surface area (Å²) in [7, 11) is 1.96. The zero-order valence-electron chi connectivity index (χ0n) is 14.7. The smallest absolute Gasteiger partial charge is 0.0369 e. The van der Waals surface area contributed by atoms with Gasteiger partial charge in [-0.25, -0.2) is 0 Å². The highest BCUT2D eigenvalue weighted by Gasteiger charge is 2.05. The average Bonchev–Trinajstić information content (AvgIpc) is 2.60. The van der Waals surface area contributed by atoms with Crippen molar-refractivity contribution in [1.82, 2.24) is 0 Å². The van der Waals surface area contributed by atoms with Crippen molar-refractivity contribution in [3.05, 3.63) is 66.1 Å². The second kappa shape index (κ2) is 9.24. The van der Waals surface area contributed by atoms with E-state index in [-0.39, 0.29) is 0 Å². The van der Waals surface area contributed by atoms with Crippen LogP contribution in [0.15, 0.2) is 48.5 Å². The molecule has 2 rings (SSSR count). The van der Waals surface area contributed by atoms with Crippen LogP contribution in [0, 0.1) is 6.42 Å². The predicted molar refractivity (Wildman–Crippen MR) is 102 cm³/mol. The summed E-state index contributed by atoms with van der Waals surface area (Å²) in [6.45, 7) is 6.74. The summed E-state index contributed by atoms with van der Waals surface area (Å²) in [4.78, 5) is 2.49. The van der Waals surface area contributed by atoms with E-state index in [9.17, 15) is 0 Å². The van der Waals surface area contributed by atoms with Crippen molar-refractivity contribution in [2.75, 3.05) is 30.4 Å². The van der Waals surface area contributed by atoms with Crippen LogP contribution in [0.3, 0.4) is 0 Å². The van der Waals surface area contributed by atoms with Crippen LogP contribution in [0.25, 0.3) is 0 Å². The molecule has 0 heterocycles. The van der Waals surface area contributed by atoms with Gasteiger partial charge in [-0.1, -0.05) is 38.1 Å². The van der Waals surface area contributed by atoms with Gasteiger partial charge in [0.1, 0.15) is 0 Å². The molecule has 23 heavy (non-hydrogen) atoms. The van der Waals surface area contributed by atoms with Gasteiger partial charge in [0.2, 0.25) is 0 Å². The first kappa shape index (κ1) is 17.4. The average molecular weight is 309 g/mol. The molecule has 0 amide bonds. The van der Waals surface area contributed by atoms with Crippen LogP contribution in [0.1, 0.15) is 37.8 Å². The molecule has 0 fully saturated rings. The van der Waals surface area contributed by atoms with E-state index in [1.807, 2.05) is 7.05 Å². The lowest BCUT2D eigenvalue weighted by atomic mass is 10.0. The summed E-state index contributed by atoms with van der Waals surface area (Å²) >= 11 is 0. The summed E-state index contributed by atoms with van der Waals surface area (Å²) < 4.78 is 0. The van der Waals surface area contributed by atoms with Crippen LogP contribution in [0.5, 0.6) is 0 Å². The Bertz CT molecular complexity index is 586. The van der Waals surface area contributed by atoms with E-state index < -0.39 is 0 Å². The van der Waals surface area contributed by atoms with E-state index in [0.717, 1.165) is 19.5 Å². The van der Waals surface area contributed by atoms with Crippen molar-refractivity contribution in [3.63, 3.8) is 0 Å². The Labute approximate surface area is 141 Å². The molecule has 123 valence electrons. The van der Waals surface area contributed by atoms with E-state index in [0.29, 0.717) is 0 Å². The highest BCUT2D eigenvalue weighted by atomic mass is 15.1. The molecular formula is C21H29N2. The molecule has 0 aromatic heterocycles. The molecule has 2 nitrogen and oxygen atoms in total.